The summed E-state index contributed by atoms with van der Waals surface area (Å²) in [6.45, 7) is 3.24. The molecule has 0 bridgehead atoms. The zero-order valence-electron chi connectivity index (χ0n) is 15.4. The Hall–Kier alpha value is -2.51. The van der Waals surface area contributed by atoms with E-state index in [0.717, 1.165) is 72.0 Å². The Kier molecular flexibility index (Phi) is 4.70. The molecule has 0 atom stereocenters. The summed E-state index contributed by atoms with van der Waals surface area (Å²) < 4.78 is 8.28. The Morgan fingerprint density at radius 3 is 2.71 bits per heavy atom. The number of rotatable bonds is 4. The first-order valence-corrected chi connectivity index (χ1v) is 10.3. The number of fused-ring (bicyclic) bond motifs is 2. The second-order valence-corrected chi connectivity index (χ2v) is 7.65. The van der Waals surface area contributed by atoms with E-state index in [1.165, 1.54) is 5.39 Å². The highest BCUT2D eigenvalue weighted by molar-refractivity contribution is 9.10. The van der Waals surface area contributed by atoms with Gasteiger partial charge in [-0.15, -0.1) is 0 Å². The van der Waals surface area contributed by atoms with E-state index in [4.69, 9.17) is 14.7 Å². The van der Waals surface area contributed by atoms with Crippen LogP contribution >= 0.6 is 15.9 Å². The predicted molar refractivity (Wildman–Crippen MR) is 113 cm³/mol. The summed E-state index contributed by atoms with van der Waals surface area (Å²) in [4.78, 5) is 12.0. The van der Waals surface area contributed by atoms with Gasteiger partial charge in [-0.25, -0.2) is 9.50 Å². The fraction of sp³-hybridized carbons (Fsp3) is 0.286. The van der Waals surface area contributed by atoms with Gasteiger partial charge in [0.1, 0.15) is 4.60 Å². The van der Waals surface area contributed by atoms with Crippen molar-refractivity contribution in [3.63, 3.8) is 0 Å². The third-order valence-corrected chi connectivity index (χ3v) is 5.93. The SMILES string of the molecule is Brc1c(CCc2ccc3ccccc3n2)nc2c(N3CCOCC3)ccnn12. The van der Waals surface area contributed by atoms with Crippen LogP contribution in [0.1, 0.15) is 11.4 Å². The third-order valence-electron chi connectivity index (χ3n) is 5.14. The summed E-state index contributed by atoms with van der Waals surface area (Å²) in [6, 6.07) is 14.5. The number of benzene rings is 1. The lowest BCUT2D eigenvalue weighted by molar-refractivity contribution is 0.123. The van der Waals surface area contributed by atoms with Crippen LogP contribution in [0.25, 0.3) is 16.6 Å². The van der Waals surface area contributed by atoms with Gasteiger partial charge in [-0.05, 0) is 47.0 Å². The number of imidazole rings is 1. The molecule has 3 aromatic heterocycles. The molecule has 1 aliphatic rings. The molecule has 0 aliphatic carbocycles. The maximum Gasteiger partial charge on any atom is 0.178 e. The van der Waals surface area contributed by atoms with E-state index >= 15 is 0 Å². The third kappa shape index (κ3) is 3.25. The van der Waals surface area contributed by atoms with Crippen molar-refractivity contribution in [3.05, 3.63) is 64.7 Å². The van der Waals surface area contributed by atoms with E-state index in [-0.39, 0.29) is 0 Å². The molecular weight excluding hydrogens is 418 g/mol. The molecule has 1 saturated heterocycles. The molecular formula is C21H20BrN5O. The summed E-state index contributed by atoms with van der Waals surface area (Å²) in [5.41, 5.74) is 5.10. The lowest BCUT2D eigenvalue weighted by Crippen LogP contribution is -2.36. The van der Waals surface area contributed by atoms with E-state index in [1.807, 2.05) is 28.9 Å². The van der Waals surface area contributed by atoms with E-state index < -0.39 is 0 Å². The Morgan fingerprint density at radius 1 is 0.964 bits per heavy atom. The number of ether oxygens (including phenoxy) is 1. The predicted octanol–water partition coefficient (Wildman–Crippen LogP) is 3.66. The van der Waals surface area contributed by atoms with Crippen molar-refractivity contribution in [3.8, 4) is 0 Å². The van der Waals surface area contributed by atoms with Gasteiger partial charge in [0.25, 0.3) is 0 Å². The first kappa shape index (κ1) is 17.6. The molecule has 4 aromatic rings. The first-order chi connectivity index (χ1) is 13.8. The van der Waals surface area contributed by atoms with Crippen LogP contribution in [-0.4, -0.2) is 45.9 Å². The number of halogens is 1. The maximum atomic E-state index is 5.48. The maximum absolute atomic E-state index is 5.48. The van der Waals surface area contributed by atoms with Crippen LogP contribution in [-0.2, 0) is 17.6 Å². The molecule has 0 N–H and O–H groups in total. The zero-order valence-corrected chi connectivity index (χ0v) is 17.0. The van der Waals surface area contributed by atoms with Gasteiger partial charge >= 0.3 is 0 Å². The molecule has 0 amide bonds. The van der Waals surface area contributed by atoms with Gasteiger partial charge in [0.2, 0.25) is 0 Å². The highest BCUT2D eigenvalue weighted by Crippen LogP contribution is 2.27. The van der Waals surface area contributed by atoms with Gasteiger partial charge in [-0.2, -0.15) is 5.10 Å². The van der Waals surface area contributed by atoms with Gasteiger partial charge in [0, 0.05) is 24.2 Å². The van der Waals surface area contributed by atoms with Crippen LogP contribution in [0.15, 0.2) is 53.3 Å². The number of aryl methyl sites for hydroxylation is 2. The van der Waals surface area contributed by atoms with E-state index in [0.29, 0.717) is 0 Å². The van der Waals surface area contributed by atoms with Crippen LogP contribution in [0.5, 0.6) is 0 Å². The van der Waals surface area contributed by atoms with Gasteiger partial charge in [0.05, 0.1) is 36.3 Å². The summed E-state index contributed by atoms with van der Waals surface area (Å²) in [6.07, 6.45) is 3.47. The second-order valence-electron chi connectivity index (χ2n) is 6.90. The van der Waals surface area contributed by atoms with E-state index in [1.54, 1.807) is 0 Å². The number of para-hydroxylation sites is 1. The number of pyridine rings is 1. The zero-order chi connectivity index (χ0) is 18.9. The highest BCUT2D eigenvalue weighted by atomic mass is 79.9. The largest absolute Gasteiger partial charge is 0.378 e. The van der Waals surface area contributed by atoms with Gasteiger partial charge < -0.3 is 9.64 Å². The minimum absolute atomic E-state index is 0.747. The number of hydrogen-bond donors (Lipinski definition) is 0. The molecule has 1 aromatic carbocycles. The Morgan fingerprint density at radius 2 is 1.82 bits per heavy atom. The summed E-state index contributed by atoms with van der Waals surface area (Å²) >= 11 is 3.70. The molecule has 7 heteroatoms. The average Bonchev–Trinajstić information content (AvgIpc) is 3.08. The summed E-state index contributed by atoms with van der Waals surface area (Å²) in [5, 5.41) is 5.65. The standard InChI is InChI=1S/C21H20BrN5O/c22-20-18(8-7-16-6-5-15-3-1-2-4-17(15)24-16)25-21-19(9-10-23-27(20)21)26-11-13-28-14-12-26/h1-6,9-10H,7-8,11-14H2. The number of nitrogens with zero attached hydrogens (tertiary/aromatic N) is 5. The molecule has 6 nitrogen and oxygen atoms in total. The fourth-order valence-electron chi connectivity index (χ4n) is 3.66. The first-order valence-electron chi connectivity index (χ1n) is 9.49. The molecule has 5 rings (SSSR count). The molecule has 28 heavy (non-hydrogen) atoms. The summed E-state index contributed by atoms with van der Waals surface area (Å²) in [5.74, 6) is 0. The monoisotopic (exact) mass is 437 g/mol. The molecule has 0 unspecified atom stereocenters. The van der Waals surface area contributed by atoms with Crippen molar-refractivity contribution < 1.29 is 4.74 Å². The van der Waals surface area contributed by atoms with Crippen molar-refractivity contribution in [2.24, 2.45) is 0 Å². The Labute approximate surface area is 171 Å². The molecule has 1 fully saturated rings. The van der Waals surface area contributed by atoms with Crippen molar-refractivity contribution in [1.29, 1.82) is 0 Å². The lowest BCUT2D eigenvalue weighted by atomic mass is 10.1. The quantitative estimate of drug-likeness (QED) is 0.487. The lowest BCUT2D eigenvalue weighted by Gasteiger charge is -2.28. The molecule has 1 aliphatic heterocycles. The highest BCUT2D eigenvalue weighted by Gasteiger charge is 2.19. The average molecular weight is 438 g/mol. The molecule has 142 valence electrons. The van der Waals surface area contributed by atoms with E-state index in [2.05, 4.69) is 50.2 Å². The van der Waals surface area contributed by atoms with Crippen LogP contribution in [0.3, 0.4) is 0 Å². The van der Waals surface area contributed by atoms with Crippen LogP contribution < -0.4 is 4.90 Å². The van der Waals surface area contributed by atoms with Crippen molar-refractivity contribution in [2.45, 2.75) is 12.8 Å². The van der Waals surface area contributed by atoms with E-state index in [9.17, 15) is 0 Å². The van der Waals surface area contributed by atoms with Crippen LogP contribution in [0, 0.1) is 0 Å². The minimum atomic E-state index is 0.747. The Bertz CT molecular complexity index is 1140. The topological polar surface area (TPSA) is 55.5 Å². The molecule has 0 radical (unpaired) electrons. The van der Waals surface area contributed by atoms with Gasteiger partial charge in [-0.3, -0.25) is 4.98 Å². The van der Waals surface area contributed by atoms with Crippen molar-refractivity contribution >= 4 is 38.2 Å². The number of anilines is 1. The normalized spacial score (nSPS) is 14.8. The van der Waals surface area contributed by atoms with Gasteiger partial charge in [0.15, 0.2) is 5.65 Å². The number of hydrogen-bond acceptors (Lipinski definition) is 5. The fourth-order valence-corrected chi connectivity index (χ4v) is 4.20. The van der Waals surface area contributed by atoms with Crippen molar-refractivity contribution in [1.82, 2.24) is 19.6 Å². The molecule has 4 heterocycles. The smallest absolute Gasteiger partial charge is 0.178 e. The summed E-state index contributed by atoms with van der Waals surface area (Å²) in [7, 11) is 0. The number of aromatic nitrogens is 4. The second kappa shape index (κ2) is 7.48. The molecule has 0 spiro atoms. The van der Waals surface area contributed by atoms with Crippen LogP contribution in [0.2, 0.25) is 0 Å². The minimum Gasteiger partial charge on any atom is -0.378 e. The Balaban J connectivity index is 1.43. The van der Waals surface area contributed by atoms with Crippen molar-refractivity contribution in [2.75, 3.05) is 31.2 Å². The van der Waals surface area contributed by atoms with Gasteiger partial charge in [-0.1, -0.05) is 24.3 Å². The number of morpholine rings is 1. The van der Waals surface area contributed by atoms with Crippen LogP contribution in [0.4, 0.5) is 5.69 Å². The molecule has 0 saturated carbocycles.